The Labute approximate surface area is 88.6 Å². The number of ether oxygens (including phenoxy) is 1. The number of methoxy groups -OCH3 is 1. The van der Waals surface area contributed by atoms with E-state index >= 15 is 0 Å². The first-order chi connectivity index (χ1) is 6.34. The summed E-state index contributed by atoms with van der Waals surface area (Å²) < 4.78 is 5.15. The summed E-state index contributed by atoms with van der Waals surface area (Å²) in [4.78, 5) is 2.31. The first kappa shape index (κ1) is 13.9. The van der Waals surface area contributed by atoms with Gasteiger partial charge < -0.3 is 10.5 Å². The van der Waals surface area contributed by atoms with Gasteiger partial charge in [0.25, 0.3) is 0 Å². The Morgan fingerprint density at radius 1 is 1.36 bits per heavy atom. The predicted octanol–water partition coefficient (Wildman–Crippen LogP) is 1.33. The molecule has 0 heterocycles. The van der Waals surface area contributed by atoms with Crippen LogP contribution in [0.15, 0.2) is 0 Å². The normalized spacial score (nSPS) is 17.1. The van der Waals surface area contributed by atoms with Crippen LogP contribution < -0.4 is 5.73 Å². The van der Waals surface area contributed by atoms with Crippen LogP contribution in [0.5, 0.6) is 0 Å². The lowest BCUT2D eigenvalue weighted by molar-refractivity contribution is 0.0504. The Morgan fingerprint density at radius 2 is 1.86 bits per heavy atom. The fraction of sp³-hybridized carbons (Fsp3) is 1.00. The Bertz CT molecular complexity index is 154. The molecule has 0 radical (unpaired) electrons. The zero-order valence-electron chi connectivity index (χ0n) is 10.5. The molecule has 2 atom stereocenters. The fourth-order valence-electron chi connectivity index (χ4n) is 1.80. The van der Waals surface area contributed by atoms with Gasteiger partial charge in [-0.05, 0) is 19.4 Å². The smallest absolute Gasteiger partial charge is 0.0615 e. The zero-order valence-corrected chi connectivity index (χ0v) is 10.5. The lowest BCUT2D eigenvalue weighted by atomic mass is 9.85. The van der Waals surface area contributed by atoms with Gasteiger partial charge in [0.2, 0.25) is 0 Å². The van der Waals surface area contributed by atoms with Gasteiger partial charge in [0.15, 0.2) is 0 Å². The van der Waals surface area contributed by atoms with Gasteiger partial charge in [0.05, 0.1) is 6.61 Å². The molecule has 0 aliphatic carbocycles. The van der Waals surface area contributed by atoms with E-state index in [0.29, 0.717) is 18.6 Å². The van der Waals surface area contributed by atoms with E-state index < -0.39 is 0 Å². The molecule has 3 nitrogen and oxygen atoms in total. The number of hydrogen-bond acceptors (Lipinski definition) is 3. The minimum absolute atomic E-state index is 0.214. The van der Waals surface area contributed by atoms with Gasteiger partial charge in [0, 0.05) is 25.7 Å². The van der Waals surface area contributed by atoms with Crippen LogP contribution in [0.1, 0.15) is 27.7 Å². The number of likely N-dealkylation sites (N-methyl/N-ethyl adjacent to an activating group) is 1. The van der Waals surface area contributed by atoms with E-state index in [1.54, 1.807) is 7.11 Å². The van der Waals surface area contributed by atoms with Crippen molar-refractivity contribution in [3.8, 4) is 0 Å². The van der Waals surface area contributed by atoms with Gasteiger partial charge >= 0.3 is 0 Å². The quantitative estimate of drug-likeness (QED) is 0.731. The summed E-state index contributed by atoms with van der Waals surface area (Å²) in [5.74, 6) is 0. The predicted molar refractivity (Wildman–Crippen MR) is 61.4 cm³/mol. The van der Waals surface area contributed by atoms with Crippen LogP contribution >= 0.6 is 0 Å². The van der Waals surface area contributed by atoms with Crippen LogP contribution in [0.4, 0.5) is 0 Å². The molecular weight excluding hydrogens is 176 g/mol. The van der Waals surface area contributed by atoms with Crippen molar-refractivity contribution in [2.75, 3.05) is 27.3 Å². The lowest BCUT2D eigenvalue weighted by Crippen LogP contribution is -2.51. The van der Waals surface area contributed by atoms with Crippen molar-refractivity contribution in [1.82, 2.24) is 4.90 Å². The molecule has 0 fully saturated rings. The Kier molecular flexibility index (Phi) is 5.64. The van der Waals surface area contributed by atoms with Crippen molar-refractivity contribution >= 4 is 0 Å². The Hall–Kier alpha value is -0.120. The summed E-state index contributed by atoms with van der Waals surface area (Å²) in [6.45, 7) is 10.3. The zero-order chi connectivity index (χ0) is 11.4. The van der Waals surface area contributed by atoms with Gasteiger partial charge in [-0.2, -0.15) is 0 Å². The van der Waals surface area contributed by atoms with E-state index in [0.717, 1.165) is 6.61 Å². The second-order valence-electron chi connectivity index (χ2n) is 5.09. The molecule has 86 valence electrons. The van der Waals surface area contributed by atoms with Crippen LogP contribution in [-0.4, -0.2) is 44.3 Å². The molecule has 0 spiro atoms. The van der Waals surface area contributed by atoms with E-state index in [-0.39, 0.29) is 5.41 Å². The van der Waals surface area contributed by atoms with Gasteiger partial charge in [-0.1, -0.05) is 20.8 Å². The van der Waals surface area contributed by atoms with Crippen molar-refractivity contribution in [2.24, 2.45) is 11.1 Å². The number of nitrogens with two attached hydrogens (primary N) is 1. The van der Waals surface area contributed by atoms with E-state index in [4.69, 9.17) is 10.5 Å². The van der Waals surface area contributed by atoms with E-state index in [1.165, 1.54) is 0 Å². The second kappa shape index (κ2) is 5.69. The molecule has 0 bridgehead atoms. The molecule has 0 rings (SSSR count). The third-order valence-corrected chi connectivity index (χ3v) is 2.82. The van der Waals surface area contributed by atoms with Crippen molar-refractivity contribution in [1.29, 1.82) is 0 Å². The van der Waals surface area contributed by atoms with Crippen LogP contribution in [0, 0.1) is 5.41 Å². The monoisotopic (exact) mass is 202 g/mol. The van der Waals surface area contributed by atoms with E-state index in [9.17, 15) is 0 Å². The molecule has 0 saturated heterocycles. The minimum Gasteiger partial charge on any atom is -0.383 e. The second-order valence-corrected chi connectivity index (χ2v) is 5.09. The highest BCUT2D eigenvalue weighted by Crippen LogP contribution is 2.23. The summed E-state index contributed by atoms with van der Waals surface area (Å²) in [6.07, 6.45) is 0. The molecule has 0 aromatic heterocycles. The highest BCUT2D eigenvalue weighted by Gasteiger charge is 2.29. The van der Waals surface area contributed by atoms with Gasteiger partial charge in [-0.3, -0.25) is 4.90 Å². The average Bonchev–Trinajstić information content (AvgIpc) is 2.03. The summed E-state index contributed by atoms with van der Waals surface area (Å²) in [5, 5.41) is 0. The summed E-state index contributed by atoms with van der Waals surface area (Å²) in [6, 6.07) is 0.806. The Morgan fingerprint density at radius 3 is 2.14 bits per heavy atom. The summed E-state index contributed by atoms with van der Waals surface area (Å²) >= 11 is 0. The highest BCUT2D eigenvalue weighted by atomic mass is 16.5. The first-order valence-electron chi connectivity index (χ1n) is 5.25. The van der Waals surface area contributed by atoms with Crippen LogP contribution in [0.3, 0.4) is 0 Å². The molecule has 0 aromatic rings. The maximum atomic E-state index is 5.81. The van der Waals surface area contributed by atoms with Gasteiger partial charge in [-0.25, -0.2) is 0 Å². The molecule has 2 unspecified atom stereocenters. The van der Waals surface area contributed by atoms with Crippen molar-refractivity contribution < 1.29 is 4.74 Å². The number of nitrogens with zero attached hydrogens (tertiary/aromatic N) is 1. The molecule has 2 N–H and O–H groups in total. The Balaban J connectivity index is 4.38. The van der Waals surface area contributed by atoms with Gasteiger partial charge in [0.1, 0.15) is 0 Å². The average molecular weight is 202 g/mol. The molecule has 3 heteroatoms. The topological polar surface area (TPSA) is 38.5 Å². The van der Waals surface area contributed by atoms with Crippen molar-refractivity contribution in [3.05, 3.63) is 0 Å². The highest BCUT2D eigenvalue weighted by molar-refractivity contribution is 4.84. The van der Waals surface area contributed by atoms with E-state index in [2.05, 4.69) is 39.6 Å². The molecular formula is C11H26N2O. The minimum atomic E-state index is 0.214. The van der Waals surface area contributed by atoms with Crippen molar-refractivity contribution in [3.63, 3.8) is 0 Å². The summed E-state index contributed by atoms with van der Waals surface area (Å²) in [5.41, 5.74) is 6.03. The SMILES string of the molecule is COCC(C)N(C)C(CN)C(C)(C)C. The lowest BCUT2D eigenvalue weighted by Gasteiger charge is -2.40. The molecule has 0 aliphatic rings. The fourth-order valence-corrected chi connectivity index (χ4v) is 1.80. The standard InChI is InChI=1S/C11H26N2O/c1-9(8-14-6)13(5)10(7-12)11(2,3)4/h9-10H,7-8,12H2,1-6H3. The van der Waals surface area contributed by atoms with Gasteiger partial charge in [-0.15, -0.1) is 0 Å². The largest absolute Gasteiger partial charge is 0.383 e. The molecule has 14 heavy (non-hydrogen) atoms. The first-order valence-corrected chi connectivity index (χ1v) is 5.25. The number of rotatable bonds is 5. The maximum absolute atomic E-state index is 5.81. The van der Waals surface area contributed by atoms with E-state index in [1.807, 2.05) is 0 Å². The maximum Gasteiger partial charge on any atom is 0.0615 e. The molecule has 0 amide bonds. The third-order valence-electron chi connectivity index (χ3n) is 2.82. The van der Waals surface area contributed by atoms with Crippen LogP contribution in [0.2, 0.25) is 0 Å². The van der Waals surface area contributed by atoms with Crippen molar-refractivity contribution in [2.45, 2.75) is 39.8 Å². The molecule has 0 aromatic carbocycles. The van der Waals surface area contributed by atoms with Crippen LogP contribution in [0.25, 0.3) is 0 Å². The third kappa shape index (κ3) is 3.95. The number of hydrogen-bond donors (Lipinski definition) is 1. The summed E-state index contributed by atoms with van der Waals surface area (Å²) in [7, 11) is 3.85. The van der Waals surface area contributed by atoms with Crippen LogP contribution in [-0.2, 0) is 4.74 Å². The molecule has 0 saturated carbocycles. The molecule has 0 aliphatic heterocycles.